The van der Waals surface area contributed by atoms with Crippen LogP contribution in [0.2, 0.25) is 0 Å². The van der Waals surface area contributed by atoms with Crippen molar-refractivity contribution >= 4 is 17.4 Å². The quantitative estimate of drug-likeness (QED) is 0.836. The van der Waals surface area contributed by atoms with Gasteiger partial charge in [0.2, 0.25) is 0 Å². The van der Waals surface area contributed by atoms with E-state index >= 15 is 0 Å². The van der Waals surface area contributed by atoms with Gasteiger partial charge in [0.05, 0.1) is 12.8 Å². The van der Waals surface area contributed by atoms with Crippen LogP contribution in [-0.2, 0) is 0 Å². The summed E-state index contributed by atoms with van der Waals surface area (Å²) in [6.45, 7) is 7.65. The fraction of sp³-hybridized carbons (Fsp3) is 0.458. The van der Waals surface area contributed by atoms with E-state index in [0.29, 0.717) is 6.04 Å². The van der Waals surface area contributed by atoms with Crippen LogP contribution >= 0.6 is 0 Å². The number of para-hydroxylation sites is 2. The molecule has 0 unspecified atom stereocenters. The van der Waals surface area contributed by atoms with Gasteiger partial charge in [-0.2, -0.15) is 0 Å². The second-order valence-corrected chi connectivity index (χ2v) is 8.23. The van der Waals surface area contributed by atoms with Crippen LogP contribution < -0.4 is 15.0 Å². The molecule has 2 fully saturated rings. The lowest BCUT2D eigenvalue weighted by atomic mass is 10.0. The molecule has 4 rings (SSSR count). The lowest BCUT2D eigenvalue weighted by Gasteiger charge is -2.44. The van der Waals surface area contributed by atoms with E-state index in [2.05, 4.69) is 34.2 Å². The summed E-state index contributed by atoms with van der Waals surface area (Å²) in [4.78, 5) is 19.7. The third-order valence-corrected chi connectivity index (χ3v) is 6.24. The lowest BCUT2D eigenvalue weighted by Crippen LogP contribution is -2.56. The van der Waals surface area contributed by atoms with E-state index in [4.69, 9.17) is 4.74 Å². The molecule has 160 valence electrons. The molecule has 2 aliphatic rings. The Bertz CT molecular complexity index is 847. The van der Waals surface area contributed by atoms with Gasteiger partial charge < -0.3 is 19.9 Å². The van der Waals surface area contributed by atoms with Crippen LogP contribution in [0.25, 0.3) is 0 Å². The van der Waals surface area contributed by atoms with Crippen molar-refractivity contribution in [1.82, 2.24) is 9.80 Å². The molecule has 0 aromatic heterocycles. The lowest BCUT2D eigenvalue weighted by molar-refractivity contribution is 0.108. The zero-order valence-electron chi connectivity index (χ0n) is 18.0. The zero-order chi connectivity index (χ0) is 20.9. The summed E-state index contributed by atoms with van der Waals surface area (Å²) in [5.74, 6) is 0.933. The molecule has 0 spiro atoms. The number of carbonyl (C=O) groups excluding carboxylic acids is 1. The van der Waals surface area contributed by atoms with Crippen molar-refractivity contribution in [1.29, 1.82) is 0 Å². The molecule has 0 radical (unpaired) electrons. The molecule has 1 atom stereocenters. The van der Waals surface area contributed by atoms with Gasteiger partial charge in [0.1, 0.15) is 5.75 Å². The minimum Gasteiger partial charge on any atom is -0.495 e. The number of methoxy groups -OCH3 is 1. The maximum absolute atomic E-state index is 12.8. The number of piperidine rings is 1. The molecule has 1 N–H and O–H groups in total. The van der Waals surface area contributed by atoms with E-state index in [1.807, 2.05) is 41.3 Å². The SMILES string of the molecule is COc1ccccc1N1CCN([C@H]2CCCN(C(=O)Nc3ccc(C)cc3)C2)CC1. The van der Waals surface area contributed by atoms with Crippen LogP contribution in [0, 0.1) is 6.92 Å². The standard InChI is InChI=1S/C24H32N4O2/c1-19-9-11-20(12-10-19)25-24(29)28-13-5-6-21(18-28)26-14-16-27(17-15-26)22-7-3-4-8-23(22)30-2/h3-4,7-12,21H,5-6,13-18H2,1-2H3,(H,25,29)/t21-/m0/s1. The van der Waals surface area contributed by atoms with Crippen molar-refractivity contribution in [3.8, 4) is 5.75 Å². The summed E-state index contributed by atoms with van der Waals surface area (Å²) in [6, 6.07) is 16.6. The van der Waals surface area contributed by atoms with Crippen LogP contribution in [-0.4, -0.2) is 68.3 Å². The van der Waals surface area contributed by atoms with E-state index in [-0.39, 0.29) is 6.03 Å². The molecule has 6 heteroatoms. The second-order valence-electron chi connectivity index (χ2n) is 8.23. The monoisotopic (exact) mass is 408 g/mol. The highest BCUT2D eigenvalue weighted by molar-refractivity contribution is 5.89. The van der Waals surface area contributed by atoms with Crippen LogP contribution in [0.1, 0.15) is 18.4 Å². The number of anilines is 2. The third-order valence-electron chi connectivity index (χ3n) is 6.24. The summed E-state index contributed by atoms with van der Waals surface area (Å²) in [5, 5.41) is 3.05. The Balaban J connectivity index is 1.32. The maximum Gasteiger partial charge on any atom is 0.321 e. The smallest absolute Gasteiger partial charge is 0.321 e. The number of likely N-dealkylation sites (tertiary alicyclic amines) is 1. The number of rotatable bonds is 4. The van der Waals surface area contributed by atoms with Gasteiger partial charge in [-0.15, -0.1) is 0 Å². The molecule has 30 heavy (non-hydrogen) atoms. The minimum atomic E-state index is 0.0104. The Hall–Kier alpha value is -2.73. The van der Waals surface area contributed by atoms with Crippen molar-refractivity contribution in [2.45, 2.75) is 25.8 Å². The number of piperazine rings is 1. The first-order valence-corrected chi connectivity index (χ1v) is 10.9. The number of hydrogen-bond donors (Lipinski definition) is 1. The number of ether oxygens (including phenoxy) is 1. The predicted octanol–water partition coefficient (Wildman–Crippen LogP) is 3.82. The second kappa shape index (κ2) is 9.39. The molecule has 6 nitrogen and oxygen atoms in total. The van der Waals surface area contributed by atoms with Gasteiger partial charge in [-0.05, 0) is 44.0 Å². The average Bonchev–Trinajstić information content (AvgIpc) is 2.80. The molecule has 0 saturated carbocycles. The first-order chi connectivity index (χ1) is 14.6. The Morgan fingerprint density at radius 1 is 1.00 bits per heavy atom. The average molecular weight is 409 g/mol. The fourth-order valence-electron chi connectivity index (χ4n) is 4.50. The summed E-state index contributed by atoms with van der Waals surface area (Å²) in [7, 11) is 1.73. The molecule has 2 amide bonds. The molecule has 2 heterocycles. The van der Waals surface area contributed by atoms with Crippen LogP contribution in [0.4, 0.5) is 16.2 Å². The number of aryl methyl sites for hydroxylation is 1. The highest BCUT2D eigenvalue weighted by Gasteiger charge is 2.30. The number of amides is 2. The van der Waals surface area contributed by atoms with E-state index in [9.17, 15) is 4.79 Å². The van der Waals surface area contributed by atoms with Crippen LogP contribution in [0.3, 0.4) is 0 Å². The Morgan fingerprint density at radius 3 is 2.47 bits per heavy atom. The highest BCUT2D eigenvalue weighted by Crippen LogP contribution is 2.29. The van der Waals surface area contributed by atoms with Gasteiger partial charge in [-0.1, -0.05) is 29.8 Å². The van der Waals surface area contributed by atoms with Gasteiger partial charge >= 0.3 is 6.03 Å². The number of hydrogen-bond acceptors (Lipinski definition) is 4. The number of benzene rings is 2. The molecule has 2 saturated heterocycles. The van der Waals surface area contributed by atoms with Crippen molar-refractivity contribution in [2.24, 2.45) is 0 Å². The van der Waals surface area contributed by atoms with Gasteiger partial charge in [0, 0.05) is 51.0 Å². The predicted molar refractivity (Wildman–Crippen MR) is 122 cm³/mol. The Kier molecular flexibility index (Phi) is 6.43. The molecule has 2 aliphatic heterocycles. The molecular formula is C24H32N4O2. The van der Waals surface area contributed by atoms with Gasteiger partial charge in [-0.3, -0.25) is 4.90 Å². The number of nitrogens with one attached hydrogen (secondary N) is 1. The molecule has 2 aromatic rings. The number of carbonyl (C=O) groups is 1. The van der Waals surface area contributed by atoms with Crippen LogP contribution in [0.15, 0.2) is 48.5 Å². The van der Waals surface area contributed by atoms with Crippen molar-refractivity contribution in [3.63, 3.8) is 0 Å². The summed E-state index contributed by atoms with van der Waals surface area (Å²) in [5.41, 5.74) is 3.22. The van der Waals surface area contributed by atoms with E-state index in [1.165, 1.54) is 11.3 Å². The van der Waals surface area contributed by atoms with Gasteiger partial charge in [-0.25, -0.2) is 4.79 Å². The third kappa shape index (κ3) is 4.70. The molecule has 0 aliphatic carbocycles. The van der Waals surface area contributed by atoms with Crippen molar-refractivity contribution < 1.29 is 9.53 Å². The van der Waals surface area contributed by atoms with Gasteiger partial charge in [0.15, 0.2) is 0 Å². The van der Waals surface area contributed by atoms with Crippen molar-refractivity contribution in [3.05, 3.63) is 54.1 Å². The number of nitrogens with zero attached hydrogens (tertiary/aromatic N) is 3. The largest absolute Gasteiger partial charge is 0.495 e. The normalized spacial score (nSPS) is 20.1. The maximum atomic E-state index is 12.8. The van der Waals surface area contributed by atoms with Gasteiger partial charge in [0.25, 0.3) is 0 Å². The van der Waals surface area contributed by atoms with E-state index in [0.717, 1.165) is 63.5 Å². The topological polar surface area (TPSA) is 48.1 Å². The molecular weight excluding hydrogens is 376 g/mol. The van der Waals surface area contributed by atoms with E-state index < -0.39 is 0 Å². The summed E-state index contributed by atoms with van der Waals surface area (Å²) < 4.78 is 5.53. The zero-order valence-corrected chi connectivity index (χ0v) is 18.0. The Morgan fingerprint density at radius 2 is 1.73 bits per heavy atom. The first-order valence-electron chi connectivity index (χ1n) is 10.9. The first kappa shape index (κ1) is 20.5. The highest BCUT2D eigenvalue weighted by atomic mass is 16.5. The molecule has 2 aromatic carbocycles. The number of urea groups is 1. The van der Waals surface area contributed by atoms with Crippen LogP contribution in [0.5, 0.6) is 5.75 Å². The fourth-order valence-corrected chi connectivity index (χ4v) is 4.50. The van der Waals surface area contributed by atoms with Crippen molar-refractivity contribution in [2.75, 3.05) is 56.6 Å². The van der Waals surface area contributed by atoms with E-state index in [1.54, 1.807) is 7.11 Å². The summed E-state index contributed by atoms with van der Waals surface area (Å²) >= 11 is 0. The molecule has 0 bridgehead atoms. The minimum absolute atomic E-state index is 0.0104. The Labute approximate surface area is 179 Å². The summed E-state index contributed by atoms with van der Waals surface area (Å²) in [6.07, 6.45) is 2.21.